The summed E-state index contributed by atoms with van der Waals surface area (Å²) in [6, 6.07) is 8.08. The summed E-state index contributed by atoms with van der Waals surface area (Å²) >= 11 is 5.09. The number of hydrogen-bond donors (Lipinski definition) is 4. The molecule has 204 valence electrons. The Bertz CT molecular complexity index is 1340. The van der Waals surface area contributed by atoms with Crippen molar-refractivity contribution in [3.63, 3.8) is 0 Å². The highest BCUT2D eigenvalue weighted by Gasteiger charge is 2.24. The maximum atomic E-state index is 13.7. The van der Waals surface area contributed by atoms with Crippen molar-refractivity contribution in [3.05, 3.63) is 59.4 Å². The summed E-state index contributed by atoms with van der Waals surface area (Å²) in [6.45, 7) is 1.77. The van der Waals surface area contributed by atoms with Gasteiger partial charge in [-0.05, 0) is 57.3 Å². The number of piperidine rings is 1. The molecule has 0 unspecified atom stereocenters. The van der Waals surface area contributed by atoms with Gasteiger partial charge < -0.3 is 15.5 Å². The van der Waals surface area contributed by atoms with Crippen molar-refractivity contribution in [3.8, 4) is 0 Å². The summed E-state index contributed by atoms with van der Waals surface area (Å²) in [6.07, 6.45) is 1.63. The van der Waals surface area contributed by atoms with E-state index in [1.807, 2.05) is 7.05 Å². The summed E-state index contributed by atoms with van der Waals surface area (Å²) in [5.41, 5.74) is 0.674. The highest BCUT2D eigenvalue weighted by molar-refractivity contribution is 7.94. The first-order valence-electron chi connectivity index (χ1n) is 10.3. The van der Waals surface area contributed by atoms with Gasteiger partial charge in [-0.2, -0.15) is 16.8 Å². The highest BCUT2D eigenvalue weighted by Crippen LogP contribution is 2.23. The van der Waals surface area contributed by atoms with Crippen LogP contribution in [0, 0.1) is 23.4 Å². The predicted molar refractivity (Wildman–Crippen MR) is 131 cm³/mol. The maximum absolute atomic E-state index is 13.7. The minimum atomic E-state index is -5.12. The molecule has 1 aliphatic rings. The van der Waals surface area contributed by atoms with E-state index >= 15 is 0 Å². The number of likely N-dealkylation sites (tertiary alicyclic amines) is 1. The molecule has 37 heavy (non-hydrogen) atoms. The molecule has 0 radical (unpaired) electrons. The molecular formula is C20H22F3N3O8S3. The molecule has 1 saturated heterocycles. The molecular weight excluding hydrogens is 563 g/mol. The van der Waals surface area contributed by atoms with Crippen molar-refractivity contribution in [2.75, 3.05) is 30.8 Å². The number of hydrogen-bond acceptors (Lipinski definition) is 8. The molecule has 0 aliphatic carbocycles. The fraction of sp³-hybridized carbons (Fsp3) is 0.300. The van der Waals surface area contributed by atoms with Crippen molar-refractivity contribution in [1.82, 2.24) is 4.90 Å². The zero-order valence-corrected chi connectivity index (χ0v) is 21.5. The number of benzene rings is 2. The molecule has 1 fully saturated rings. The second-order valence-electron chi connectivity index (χ2n) is 7.77. The molecule has 0 saturated carbocycles. The van der Waals surface area contributed by atoms with Gasteiger partial charge in [0, 0.05) is 29.3 Å². The van der Waals surface area contributed by atoms with Crippen LogP contribution < -0.4 is 10.6 Å². The second-order valence-corrected chi connectivity index (χ2v) is 10.4. The number of rotatable bonds is 6. The maximum Gasteiger partial charge on any atom is 0.413 e. The van der Waals surface area contributed by atoms with E-state index in [9.17, 15) is 34.8 Å². The molecule has 2 aromatic rings. The topological polar surface area (TPSA) is 162 Å². The zero-order chi connectivity index (χ0) is 28.0. The predicted octanol–water partition coefficient (Wildman–Crippen LogP) is 3.05. The smallest absolute Gasteiger partial charge is 0.332 e. The summed E-state index contributed by atoms with van der Waals surface area (Å²) in [7, 11) is -8.21. The fourth-order valence-electron chi connectivity index (χ4n) is 3.30. The number of ketones is 1. The number of Topliss-reactive ketones (excluding diaryl/α,β-unsaturated/α-hetero) is 1. The number of carbonyl (C=O) groups excluding carboxylic acids is 1. The van der Waals surface area contributed by atoms with Crippen LogP contribution in [0.5, 0.6) is 0 Å². The number of carbonyl (C=O) groups is 1. The van der Waals surface area contributed by atoms with Gasteiger partial charge in [-0.25, -0.2) is 13.2 Å². The summed E-state index contributed by atoms with van der Waals surface area (Å²) in [4.78, 5) is 14.9. The van der Waals surface area contributed by atoms with Crippen LogP contribution in [0.2, 0.25) is 0 Å². The van der Waals surface area contributed by atoms with Crippen LogP contribution in [-0.4, -0.2) is 61.9 Å². The monoisotopic (exact) mass is 585 g/mol. The molecule has 4 N–H and O–H groups in total. The van der Waals surface area contributed by atoms with Gasteiger partial charge in [-0.3, -0.25) is 13.9 Å². The second kappa shape index (κ2) is 12.7. The third-order valence-corrected chi connectivity index (χ3v) is 6.49. The van der Waals surface area contributed by atoms with Gasteiger partial charge in [0.2, 0.25) is 0 Å². The molecule has 11 nitrogen and oxygen atoms in total. The van der Waals surface area contributed by atoms with Crippen molar-refractivity contribution < 1.29 is 47.5 Å². The Hall–Kier alpha value is -2.67. The lowest BCUT2D eigenvalue weighted by Gasteiger charge is -2.28. The molecule has 0 atom stereocenters. The molecule has 1 heterocycles. The first-order valence-corrected chi connectivity index (χ1v) is 13.4. The summed E-state index contributed by atoms with van der Waals surface area (Å²) in [5.74, 6) is -3.39. The first-order chi connectivity index (χ1) is 17.0. The standard InChI is InChI=1S/C20H20F3N3OS.H2O7S2/c1-26-7-5-12(6-8-26)19(27)13-3-2-4-15(9-13)24-20(28)25-17-11-14(21)10-16(22)18(17)23;1-8(2,3)7-9(4,5)6/h2-4,9-12H,5-8H2,1H3,(H2,24,25,28);(H,1,2,3)(H,4,5,6). The normalized spacial score (nSPS) is 14.9. The zero-order valence-electron chi connectivity index (χ0n) is 19.0. The molecule has 3 rings (SSSR count). The molecule has 0 aromatic heterocycles. The van der Waals surface area contributed by atoms with E-state index in [1.165, 1.54) is 0 Å². The van der Waals surface area contributed by atoms with Crippen molar-refractivity contribution in [1.29, 1.82) is 0 Å². The van der Waals surface area contributed by atoms with Crippen molar-refractivity contribution in [2.45, 2.75) is 12.8 Å². The Balaban J connectivity index is 0.000000458. The van der Waals surface area contributed by atoms with Crippen LogP contribution in [0.25, 0.3) is 0 Å². The number of nitrogens with one attached hydrogen (secondary N) is 2. The lowest BCUT2D eigenvalue weighted by Crippen LogP contribution is -2.33. The average molecular weight is 586 g/mol. The van der Waals surface area contributed by atoms with Crippen LogP contribution >= 0.6 is 12.2 Å². The quantitative estimate of drug-likeness (QED) is 0.170. The largest absolute Gasteiger partial charge is 0.413 e. The molecule has 2 aromatic carbocycles. The third kappa shape index (κ3) is 10.7. The van der Waals surface area contributed by atoms with Crippen molar-refractivity contribution in [2.24, 2.45) is 5.92 Å². The Morgan fingerprint density at radius 1 is 1.03 bits per heavy atom. The van der Waals surface area contributed by atoms with Crippen LogP contribution in [-0.2, 0) is 24.4 Å². The van der Waals surface area contributed by atoms with Gasteiger partial charge in [0.1, 0.15) is 5.82 Å². The van der Waals surface area contributed by atoms with Gasteiger partial charge in [0.05, 0.1) is 5.69 Å². The number of halogens is 3. The van der Waals surface area contributed by atoms with E-state index < -0.39 is 43.9 Å². The fourth-order valence-corrected chi connectivity index (χ4v) is 4.39. The van der Waals surface area contributed by atoms with E-state index in [-0.39, 0.29) is 16.8 Å². The highest BCUT2D eigenvalue weighted by atomic mass is 32.3. The van der Waals surface area contributed by atoms with Crippen LogP contribution in [0.1, 0.15) is 23.2 Å². The molecule has 0 spiro atoms. The van der Waals surface area contributed by atoms with E-state index in [0.29, 0.717) is 17.3 Å². The minimum absolute atomic E-state index is 0.0131. The molecule has 17 heteroatoms. The Morgan fingerprint density at radius 2 is 1.62 bits per heavy atom. The van der Waals surface area contributed by atoms with E-state index in [4.69, 9.17) is 21.3 Å². The lowest BCUT2D eigenvalue weighted by molar-refractivity contribution is 0.0856. The summed E-state index contributed by atoms with van der Waals surface area (Å²) in [5, 5.41) is 5.19. The number of nitrogens with zero attached hydrogens (tertiary/aromatic N) is 1. The van der Waals surface area contributed by atoms with Crippen LogP contribution in [0.15, 0.2) is 36.4 Å². The van der Waals surface area contributed by atoms with Crippen LogP contribution in [0.3, 0.4) is 0 Å². The Labute approximate surface area is 216 Å². The molecule has 1 aliphatic heterocycles. The van der Waals surface area contributed by atoms with Gasteiger partial charge in [-0.15, -0.1) is 3.63 Å². The average Bonchev–Trinajstić information content (AvgIpc) is 2.75. The van der Waals surface area contributed by atoms with E-state index in [1.54, 1.807) is 24.3 Å². The van der Waals surface area contributed by atoms with E-state index in [0.717, 1.165) is 32.0 Å². The van der Waals surface area contributed by atoms with E-state index in [2.05, 4.69) is 19.2 Å². The number of thiocarbonyl (C=S) groups is 1. The van der Waals surface area contributed by atoms with Gasteiger partial charge >= 0.3 is 20.8 Å². The van der Waals surface area contributed by atoms with Gasteiger partial charge in [0.25, 0.3) is 0 Å². The SMILES string of the molecule is CN1CCC(C(=O)c2cccc(NC(=S)Nc3cc(F)cc(F)c3F)c2)CC1.O=S(=O)(O)OS(=O)(=O)O. The molecule has 0 bridgehead atoms. The first kappa shape index (κ1) is 30.6. The minimum Gasteiger partial charge on any atom is -0.332 e. The molecule has 0 amide bonds. The lowest BCUT2D eigenvalue weighted by atomic mass is 9.89. The van der Waals surface area contributed by atoms with Gasteiger partial charge in [0.15, 0.2) is 22.5 Å². The van der Waals surface area contributed by atoms with Gasteiger partial charge in [-0.1, -0.05) is 12.1 Å². The summed E-state index contributed by atoms with van der Waals surface area (Å²) < 4.78 is 95.9. The number of anilines is 2. The van der Waals surface area contributed by atoms with Crippen molar-refractivity contribution >= 4 is 55.3 Å². The third-order valence-electron chi connectivity index (χ3n) is 4.91. The Morgan fingerprint density at radius 3 is 2.16 bits per heavy atom. The van der Waals surface area contributed by atoms with Crippen LogP contribution in [0.4, 0.5) is 24.5 Å². The Kier molecular flexibility index (Phi) is 10.5.